The van der Waals surface area contributed by atoms with Crippen LogP contribution in [0.2, 0.25) is 0 Å². The fourth-order valence-corrected chi connectivity index (χ4v) is 2.38. The van der Waals surface area contributed by atoms with Gasteiger partial charge in [-0.1, -0.05) is 19.3 Å². The summed E-state index contributed by atoms with van der Waals surface area (Å²) in [6, 6.07) is 5.43. The van der Waals surface area contributed by atoms with Gasteiger partial charge in [-0.05, 0) is 37.1 Å². The molecule has 1 aliphatic rings. The van der Waals surface area contributed by atoms with Gasteiger partial charge >= 0.3 is 6.03 Å². The van der Waals surface area contributed by atoms with Gasteiger partial charge in [0, 0.05) is 17.8 Å². The Morgan fingerprint density at radius 1 is 1.16 bits per heavy atom. The zero-order valence-electron chi connectivity index (χ0n) is 10.9. The Morgan fingerprint density at radius 2 is 1.84 bits per heavy atom. The maximum Gasteiger partial charge on any atom is 0.319 e. The van der Waals surface area contributed by atoms with Crippen molar-refractivity contribution in [3.63, 3.8) is 0 Å². The lowest BCUT2D eigenvalue weighted by Crippen LogP contribution is -2.48. The second-order valence-corrected chi connectivity index (χ2v) is 5.01. The van der Waals surface area contributed by atoms with E-state index in [1.807, 2.05) is 0 Å². The minimum Gasteiger partial charge on any atom is -0.334 e. The molecule has 2 unspecified atom stereocenters. The predicted octanol–water partition coefficient (Wildman–Crippen LogP) is 2.61. The third kappa shape index (κ3) is 4.21. The molecule has 0 radical (unpaired) electrons. The van der Waals surface area contributed by atoms with E-state index >= 15 is 0 Å². The summed E-state index contributed by atoms with van der Waals surface area (Å²) in [7, 11) is 0. The number of nitrogens with one attached hydrogen (secondary N) is 2. The third-order valence-corrected chi connectivity index (χ3v) is 3.49. The molecule has 1 fully saturated rings. The fraction of sp³-hybridized carbons (Fsp3) is 0.500. The van der Waals surface area contributed by atoms with Crippen LogP contribution < -0.4 is 16.4 Å². The van der Waals surface area contributed by atoms with E-state index in [0.717, 1.165) is 25.7 Å². The van der Waals surface area contributed by atoms with E-state index in [4.69, 9.17) is 5.73 Å². The number of hydrogen-bond acceptors (Lipinski definition) is 2. The molecule has 0 aliphatic heterocycles. The minimum absolute atomic E-state index is 0.0152. The number of nitrogens with two attached hydrogens (primary N) is 1. The van der Waals surface area contributed by atoms with Gasteiger partial charge in [-0.25, -0.2) is 9.18 Å². The van der Waals surface area contributed by atoms with Crippen LogP contribution in [0, 0.1) is 5.82 Å². The zero-order chi connectivity index (χ0) is 13.7. The maximum atomic E-state index is 12.7. The summed E-state index contributed by atoms with van der Waals surface area (Å²) in [5.74, 6) is -0.322. The molecule has 4 N–H and O–H groups in total. The second-order valence-electron chi connectivity index (χ2n) is 5.01. The monoisotopic (exact) mass is 265 g/mol. The van der Waals surface area contributed by atoms with E-state index in [2.05, 4.69) is 10.6 Å². The molecule has 1 aliphatic carbocycles. The molecule has 2 atom stereocenters. The number of anilines is 1. The largest absolute Gasteiger partial charge is 0.334 e. The van der Waals surface area contributed by atoms with Crippen LogP contribution in [-0.4, -0.2) is 18.1 Å². The Kier molecular flexibility index (Phi) is 4.74. The van der Waals surface area contributed by atoms with Crippen LogP contribution in [0.4, 0.5) is 14.9 Å². The number of hydrogen-bond donors (Lipinski definition) is 3. The van der Waals surface area contributed by atoms with Gasteiger partial charge in [0.1, 0.15) is 5.82 Å². The lowest BCUT2D eigenvalue weighted by atomic mass is 10.0. The quantitative estimate of drug-likeness (QED) is 0.719. The summed E-state index contributed by atoms with van der Waals surface area (Å²) in [5.41, 5.74) is 6.62. The molecule has 0 bridgehead atoms. The zero-order valence-corrected chi connectivity index (χ0v) is 10.9. The molecule has 1 saturated carbocycles. The maximum absolute atomic E-state index is 12.7. The second kappa shape index (κ2) is 6.52. The number of amides is 2. The molecule has 1 aromatic rings. The summed E-state index contributed by atoms with van der Waals surface area (Å²) in [6.45, 7) is 0. The van der Waals surface area contributed by atoms with Crippen molar-refractivity contribution >= 4 is 11.7 Å². The van der Waals surface area contributed by atoms with Crippen molar-refractivity contribution in [2.75, 3.05) is 5.32 Å². The highest BCUT2D eigenvalue weighted by Crippen LogP contribution is 2.17. The first-order valence-electron chi connectivity index (χ1n) is 6.74. The Balaban J connectivity index is 1.87. The highest BCUT2D eigenvalue weighted by molar-refractivity contribution is 5.89. The Bertz CT molecular complexity index is 421. The Hall–Kier alpha value is -1.62. The van der Waals surface area contributed by atoms with Crippen LogP contribution in [0.5, 0.6) is 0 Å². The molecule has 0 spiro atoms. The fourth-order valence-electron chi connectivity index (χ4n) is 2.38. The van der Waals surface area contributed by atoms with Crippen LogP contribution in [0.3, 0.4) is 0 Å². The van der Waals surface area contributed by atoms with E-state index < -0.39 is 0 Å². The predicted molar refractivity (Wildman–Crippen MR) is 73.4 cm³/mol. The standard InChI is InChI=1S/C14H20FN3O/c15-10-6-8-11(9-7-10)17-14(19)18-13-5-3-1-2-4-12(13)16/h6-9,12-13H,1-5,16H2,(H2,17,18,19). The average molecular weight is 265 g/mol. The average Bonchev–Trinajstić information content (AvgIpc) is 2.58. The van der Waals surface area contributed by atoms with Gasteiger partial charge < -0.3 is 16.4 Å². The van der Waals surface area contributed by atoms with Crippen molar-refractivity contribution < 1.29 is 9.18 Å². The number of urea groups is 1. The molecule has 0 heterocycles. The summed E-state index contributed by atoms with van der Waals surface area (Å²) in [4.78, 5) is 11.9. The topological polar surface area (TPSA) is 67.1 Å². The van der Waals surface area contributed by atoms with E-state index in [-0.39, 0.29) is 23.9 Å². The lowest BCUT2D eigenvalue weighted by molar-refractivity contribution is 0.245. The first kappa shape index (κ1) is 13.8. The van der Waals surface area contributed by atoms with Crippen molar-refractivity contribution in [2.45, 2.75) is 44.2 Å². The summed E-state index contributed by atoms with van der Waals surface area (Å²) in [6.07, 6.45) is 5.25. The first-order chi connectivity index (χ1) is 9.15. The van der Waals surface area contributed by atoms with Crippen LogP contribution in [0.25, 0.3) is 0 Å². The van der Waals surface area contributed by atoms with Gasteiger partial charge in [0.15, 0.2) is 0 Å². The molecule has 19 heavy (non-hydrogen) atoms. The molecule has 5 heteroatoms. The normalized spacial score (nSPS) is 23.5. The summed E-state index contributed by atoms with van der Waals surface area (Å²) >= 11 is 0. The number of benzene rings is 1. The third-order valence-electron chi connectivity index (χ3n) is 3.49. The van der Waals surface area contributed by atoms with Crippen molar-refractivity contribution in [1.29, 1.82) is 0 Å². The molecule has 0 aromatic heterocycles. The Morgan fingerprint density at radius 3 is 2.58 bits per heavy atom. The van der Waals surface area contributed by atoms with Gasteiger partial charge in [-0.3, -0.25) is 0 Å². The van der Waals surface area contributed by atoms with Crippen LogP contribution >= 0.6 is 0 Å². The van der Waals surface area contributed by atoms with Crippen LogP contribution in [0.1, 0.15) is 32.1 Å². The van der Waals surface area contributed by atoms with Gasteiger partial charge in [0.05, 0.1) is 0 Å². The van der Waals surface area contributed by atoms with E-state index in [9.17, 15) is 9.18 Å². The number of halogens is 1. The molecule has 1 aromatic carbocycles. The van der Waals surface area contributed by atoms with E-state index in [0.29, 0.717) is 5.69 Å². The van der Waals surface area contributed by atoms with Crippen molar-refractivity contribution in [2.24, 2.45) is 5.73 Å². The molecule has 2 amide bonds. The number of carbonyl (C=O) groups excluding carboxylic acids is 1. The van der Waals surface area contributed by atoms with Crippen molar-refractivity contribution in [3.05, 3.63) is 30.1 Å². The number of carbonyl (C=O) groups is 1. The SMILES string of the molecule is NC1CCCCCC1NC(=O)Nc1ccc(F)cc1. The summed E-state index contributed by atoms with van der Waals surface area (Å²) < 4.78 is 12.7. The molecule has 0 saturated heterocycles. The molecule has 2 rings (SSSR count). The van der Waals surface area contributed by atoms with Gasteiger partial charge in [-0.15, -0.1) is 0 Å². The van der Waals surface area contributed by atoms with Crippen LogP contribution in [0.15, 0.2) is 24.3 Å². The van der Waals surface area contributed by atoms with Gasteiger partial charge in [0.2, 0.25) is 0 Å². The highest BCUT2D eigenvalue weighted by Gasteiger charge is 2.21. The molecule has 104 valence electrons. The van der Waals surface area contributed by atoms with Crippen molar-refractivity contribution in [3.8, 4) is 0 Å². The highest BCUT2D eigenvalue weighted by atomic mass is 19.1. The lowest BCUT2D eigenvalue weighted by Gasteiger charge is -2.22. The van der Waals surface area contributed by atoms with Crippen LogP contribution in [-0.2, 0) is 0 Å². The minimum atomic E-state index is -0.322. The first-order valence-corrected chi connectivity index (χ1v) is 6.74. The molecular formula is C14H20FN3O. The van der Waals surface area contributed by atoms with E-state index in [1.165, 1.54) is 30.7 Å². The van der Waals surface area contributed by atoms with Crippen molar-refractivity contribution in [1.82, 2.24) is 5.32 Å². The van der Waals surface area contributed by atoms with Gasteiger partial charge in [-0.2, -0.15) is 0 Å². The molecular weight excluding hydrogens is 245 g/mol. The Labute approximate surface area is 112 Å². The molecule has 4 nitrogen and oxygen atoms in total. The number of rotatable bonds is 2. The smallest absolute Gasteiger partial charge is 0.319 e. The summed E-state index contributed by atoms with van der Waals surface area (Å²) in [5, 5.41) is 5.59. The van der Waals surface area contributed by atoms with Gasteiger partial charge in [0.25, 0.3) is 0 Å². The van der Waals surface area contributed by atoms with E-state index in [1.54, 1.807) is 0 Å².